The molecule has 0 radical (unpaired) electrons. The summed E-state index contributed by atoms with van der Waals surface area (Å²) in [6.07, 6.45) is 3.87. The average Bonchev–Trinajstić information content (AvgIpc) is 3.10. The summed E-state index contributed by atoms with van der Waals surface area (Å²) in [6, 6.07) is 4.08. The van der Waals surface area contributed by atoms with E-state index < -0.39 is 5.54 Å². The molecular formula is C11H14N4S. The second-order valence-corrected chi connectivity index (χ2v) is 5.14. The Balaban J connectivity index is 1.99. The SMILES string of the molecule is Cc1ccnc(SCC(N)(C#N)C2CC2)n1. The summed E-state index contributed by atoms with van der Waals surface area (Å²) in [5, 5.41) is 9.80. The molecule has 2 N–H and O–H groups in total. The summed E-state index contributed by atoms with van der Waals surface area (Å²) in [5.41, 5.74) is 6.27. The summed E-state index contributed by atoms with van der Waals surface area (Å²) >= 11 is 1.46. The van der Waals surface area contributed by atoms with Crippen LogP contribution in [0.4, 0.5) is 0 Å². The fourth-order valence-electron chi connectivity index (χ4n) is 1.52. The summed E-state index contributed by atoms with van der Waals surface area (Å²) in [4.78, 5) is 8.42. The number of nitrogens with zero attached hydrogens (tertiary/aromatic N) is 3. The lowest BCUT2D eigenvalue weighted by Crippen LogP contribution is -2.43. The lowest BCUT2D eigenvalue weighted by molar-refractivity contribution is 0.532. The molecule has 0 aliphatic heterocycles. The van der Waals surface area contributed by atoms with E-state index in [0.717, 1.165) is 18.5 Å². The van der Waals surface area contributed by atoms with E-state index in [0.29, 0.717) is 16.8 Å². The van der Waals surface area contributed by atoms with Crippen molar-refractivity contribution in [3.05, 3.63) is 18.0 Å². The van der Waals surface area contributed by atoms with E-state index in [2.05, 4.69) is 16.0 Å². The second kappa shape index (κ2) is 4.40. The molecule has 2 rings (SSSR count). The third-order valence-electron chi connectivity index (χ3n) is 2.73. The Bertz CT molecular complexity index is 424. The van der Waals surface area contributed by atoms with Crippen molar-refractivity contribution in [3.63, 3.8) is 0 Å². The maximum atomic E-state index is 9.10. The van der Waals surface area contributed by atoms with Gasteiger partial charge in [0.05, 0.1) is 6.07 Å². The first kappa shape index (κ1) is 11.4. The molecule has 1 atom stereocenters. The quantitative estimate of drug-likeness (QED) is 0.631. The molecule has 0 saturated heterocycles. The maximum absolute atomic E-state index is 9.10. The zero-order valence-electron chi connectivity index (χ0n) is 9.18. The third kappa shape index (κ3) is 2.52. The smallest absolute Gasteiger partial charge is 0.187 e. The van der Waals surface area contributed by atoms with Crippen LogP contribution in [0, 0.1) is 24.2 Å². The van der Waals surface area contributed by atoms with Crippen LogP contribution in [0.15, 0.2) is 17.4 Å². The molecule has 84 valence electrons. The Morgan fingerprint density at radius 3 is 3.00 bits per heavy atom. The summed E-state index contributed by atoms with van der Waals surface area (Å²) in [5.74, 6) is 0.923. The number of nitrogens with two attached hydrogens (primary N) is 1. The summed E-state index contributed by atoms with van der Waals surface area (Å²) < 4.78 is 0. The van der Waals surface area contributed by atoms with Gasteiger partial charge in [-0.1, -0.05) is 11.8 Å². The van der Waals surface area contributed by atoms with Crippen molar-refractivity contribution in [2.75, 3.05) is 5.75 Å². The van der Waals surface area contributed by atoms with Gasteiger partial charge >= 0.3 is 0 Å². The number of nitriles is 1. The van der Waals surface area contributed by atoms with Gasteiger partial charge in [-0.2, -0.15) is 5.26 Å². The molecular weight excluding hydrogens is 220 g/mol. The minimum atomic E-state index is -0.711. The van der Waals surface area contributed by atoms with Gasteiger partial charge in [-0.3, -0.25) is 0 Å². The highest BCUT2D eigenvalue weighted by Crippen LogP contribution is 2.40. The van der Waals surface area contributed by atoms with Crippen molar-refractivity contribution in [1.82, 2.24) is 9.97 Å². The van der Waals surface area contributed by atoms with Crippen molar-refractivity contribution in [2.45, 2.75) is 30.5 Å². The molecule has 0 spiro atoms. The van der Waals surface area contributed by atoms with Gasteiger partial charge in [0.2, 0.25) is 0 Å². The number of aromatic nitrogens is 2. The van der Waals surface area contributed by atoms with Crippen LogP contribution in [0.1, 0.15) is 18.5 Å². The van der Waals surface area contributed by atoms with Crippen LogP contribution in [0.3, 0.4) is 0 Å². The molecule has 16 heavy (non-hydrogen) atoms. The van der Waals surface area contributed by atoms with Crippen LogP contribution >= 0.6 is 11.8 Å². The van der Waals surface area contributed by atoms with Crippen LogP contribution in [0.25, 0.3) is 0 Å². The van der Waals surface area contributed by atoms with Gasteiger partial charge in [-0.25, -0.2) is 9.97 Å². The van der Waals surface area contributed by atoms with Gasteiger partial charge in [0.15, 0.2) is 5.16 Å². The van der Waals surface area contributed by atoms with Gasteiger partial charge < -0.3 is 5.73 Å². The van der Waals surface area contributed by atoms with Gasteiger partial charge in [0.25, 0.3) is 0 Å². The molecule has 1 unspecified atom stereocenters. The Morgan fingerprint density at radius 2 is 2.44 bits per heavy atom. The molecule has 1 aliphatic rings. The highest BCUT2D eigenvalue weighted by atomic mass is 32.2. The van der Waals surface area contributed by atoms with Crippen molar-refractivity contribution < 1.29 is 0 Å². The average molecular weight is 234 g/mol. The molecule has 0 bridgehead atoms. The Labute approximate surface area is 99.3 Å². The molecule has 4 nitrogen and oxygen atoms in total. The molecule has 1 aliphatic carbocycles. The van der Waals surface area contributed by atoms with E-state index in [1.165, 1.54) is 11.8 Å². The van der Waals surface area contributed by atoms with Crippen LogP contribution in [0.2, 0.25) is 0 Å². The predicted molar refractivity (Wildman–Crippen MR) is 62.7 cm³/mol. The third-order valence-corrected chi connectivity index (χ3v) is 3.80. The fourth-order valence-corrected chi connectivity index (χ4v) is 2.53. The number of aryl methyl sites for hydroxylation is 1. The highest BCUT2D eigenvalue weighted by molar-refractivity contribution is 7.99. The largest absolute Gasteiger partial charge is 0.312 e. The van der Waals surface area contributed by atoms with Gasteiger partial charge in [-0.15, -0.1) is 0 Å². The van der Waals surface area contributed by atoms with E-state index in [-0.39, 0.29) is 0 Å². The molecule has 0 amide bonds. The Hall–Kier alpha value is -1.12. The number of thioether (sulfide) groups is 1. The first-order valence-corrected chi connectivity index (χ1v) is 6.25. The van der Waals surface area contributed by atoms with Gasteiger partial charge in [0, 0.05) is 17.6 Å². The molecule has 1 saturated carbocycles. The normalized spacial score (nSPS) is 18.8. The fraction of sp³-hybridized carbons (Fsp3) is 0.545. The van der Waals surface area contributed by atoms with E-state index in [1.807, 2.05) is 13.0 Å². The molecule has 1 aromatic heterocycles. The van der Waals surface area contributed by atoms with Crippen LogP contribution in [0.5, 0.6) is 0 Å². The number of rotatable bonds is 4. The zero-order chi connectivity index (χ0) is 11.6. The molecule has 0 aromatic carbocycles. The van der Waals surface area contributed by atoms with Crippen LogP contribution in [-0.2, 0) is 0 Å². The second-order valence-electron chi connectivity index (χ2n) is 4.20. The van der Waals surface area contributed by atoms with Gasteiger partial charge in [-0.05, 0) is 31.7 Å². The maximum Gasteiger partial charge on any atom is 0.187 e. The van der Waals surface area contributed by atoms with Crippen LogP contribution in [-0.4, -0.2) is 21.3 Å². The predicted octanol–water partition coefficient (Wildman–Crippen LogP) is 1.51. The molecule has 1 fully saturated rings. The lowest BCUT2D eigenvalue weighted by atomic mass is 10.00. The monoisotopic (exact) mass is 234 g/mol. The standard InChI is InChI=1S/C11H14N4S/c1-8-4-5-14-10(15-8)16-7-11(13,6-12)9-2-3-9/h4-5,9H,2-3,7,13H2,1H3. The lowest BCUT2D eigenvalue weighted by Gasteiger charge is -2.19. The van der Waals surface area contributed by atoms with Crippen molar-refractivity contribution >= 4 is 11.8 Å². The van der Waals surface area contributed by atoms with E-state index in [9.17, 15) is 0 Å². The van der Waals surface area contributed by atoms with Crippen molar-refractivity contribution in [3.8, 4) is 6.07 Å². The number of hydrogen-bond donors (Lipinski definition) is 1. The Morgan fingerprint density at radius 1 is 1.69 bits per heavy atom. The van der Waals surface area contributed by atoms with Crippen molar-refractivity contribution in [2.24, 2.45) is 11.7 Å². The van der Waals surface area contributed by atoms with E-state index in [4.69, 9.17) is 11.0 Å². The first-order valence-electron chi connectivity index (χ1n) is 5.26. The summed E-state index contributed by atoms with van der Waals surface area (Å²) in [7, 11) is 0. The minimum absolute atomic E-state index is 0.356. The first-order chi connectivity index (χ1) is 7.64. The van der Waals surface area contributed by atoms with Crippen LogP contribution < -0.4 is 5.73 Å². The zero-order valence-corrected chi connectivity index (χ0v) is 10.00. The Kier molecular flexibility index (Phi) is 3.13. The number of hydrogen-bond acceptors (Lipinski definition) is 5. The van der Waals surface area contributed by atoms with Crippen molar-refractivity contribution in [1.29, 1.82) is 5.26 Å². The molecule has 1 heterocycles. The summed E-state index contributed by atoms with van der Waals surface area (Å²) in [6.45, 7) is 1.92. The van der Waals surface area contributed by atoms with E-state index in [1.54, 1.807) is 6.20 Å². The van der Waals surface area contributed by atoms with Gasteiger partial charge in [0.1, 0.15) is 5.54 Å². The minimum Gasteiger partial charge on any atom is -0.312 e. The van der Waals surface area contributed by atoms with E-state index >= 15 is 0 Å². The molecule has 1 aromatic rings. The molecule has 5 heteroatoms. The highest BCUT2D eigenvalue weighted by Gasteiger charge is 2.42. The topological polar surface area (TPSA) is 75.6 Å².